The molecule has 0 saturated heterocycles. The summed E-state index contributed by atoms with van der Waals surface area (Å²) < 4.78 is 13.7. The molecule has 0 spiro atoms. The number of nitrogens with one attached hydrogen (secondary N) is 1. The van der Waals surface area contributed by atoms with E-state index in [2.05, 4.69) is 37.4 Å². The van der Waals surface area contributed by atoms with E-state index in [1.54, 1.807) is 12.1 Å². The maximum Gasteiger partial charge on any atom is 0.230 e. The quantitative estimate of drug-likeness (QED) is 0.678. The van der Waals surface area contributed by atoms with Crippen LogP contribution in [-0.2, 0) is 10.5 Å². The Labute approximate surface area is 158 Å². The molecule has 0 aliphatic heterocycles. The predicted octanol–water partition coefficient (Wildman–Crippen LogP) is 5.60. The molecular formula is C20H23ClFNOS. The zero-order valence-electron chi connectivity index (χ0n) is 14.7. The Morgan fingerprint density at radius 2 is 2.00 bits per heavy atom. The van der Waals surface area contributed by atoms with E-state index in [4.69, 9.17) is 11.6 Å². The summed E-state index contributed by atoms with van der Waals surface area (Å²) in [5.74, 6) is 0.260. The van der Waals surface area contributed by atoms with Gasteiger partial charge in [0.15, 0.2) is 0 Å². The van der Waals surface area contributed by atoms with Gasteiger partial charge in [0, 0.05) is 16.3 Å². The van der Waals surface area contributed by atoms with Crippen LogP contribution >= 0.6 is 23.4 Å². The molecule has 2 aromatic rings. The molecule has 5 heteroatoms. The van der Waals surface area contributed by atoms with Gasteiger partial charge in [-0.2, -0.15) is 0 Å². The van der Waals surface area contributed by atoms with Crippen molar-refractivity contribution in [3.8, 4) is 0 Å². The number of halogens is 2. The number of hydrogen-bond acceptors (Lipinski definition) is 2. The van der Waals surface area contributed by atoms with Crippen LogP contribution in [-0.4, -0.2) is 11.7 Å². The van der Waals surface area contributed by atoms with Gasteiger partial charge in [0.25, 0.3) is 0 Å². The fourth-order valence-electron chi connectivity index (χ4n) is 2.55. The van der Waals surface area contributed by atoms with Crippen LogP contribution in [0.2, 0.25) is 5.02 Å². The highest BCUT2D eigenvalue weighted by atomic mass is 35.5. The molecule has 0 bridgehead atoms. The summed E-state index contributed by atoms with van der Waals surface area (Å²) in [4.78, 5) is 12.2. The molecule has 0 aliphatic carbocycles. The first-order valence-corrected chi connectivity index (χ1v) is 9.82. The van der Waals surface area contributed by atoms with Gasteiger partial charge in [-0.15, -0.1) is 11.8 Å². The number of benzene rings is 2. The molecule has 0 saturated carbocycles. The summed E-state index contributed by atoms with van der Waals surface area (Å²) in [5, 5.41) is 3.46. The monoisotopic (exact) mass is 379 g/mol. The number of carbonyl (C=O) groups is 1. The Kier molecular flexibility index (Phi) is 7.33. The number of amides is 1. The van der Waals surface area contributed by atoms with Crippen molar-refractivity contribution in [1.29, 1.82) is 0 Å². The fourth-order valence-corrected chi connectivity index (χ4v) is 3.73. The molecule has 2 aromatic carbocycles. The Balaban J connectivity index is 1.91. The maximum atomic E-state index is 13.7. The van der Waals surface area contributed by atoms with Gasteiger partial charge in [-0.1, -0.05) is 42.8 Å². The molecule has 0 aliphatic rings. The average Bonchev–Trinajstić information content (AvgIpc) is 2.58. The Morgan fingerprint density at radius 3 is 2.64 bits per heavy atom. The third-order valence-corrected chi connectivity index (χ3v) is 5.53. The van der Waals surface area contributed by atoms with Crippen LogP contribution in [0.4, 0.5) is 4.39 Å². The Morgan fingerprint density at radius 1 is 1.24 bits per heavy atom. The topological polar surface area (TPSA) is 29.1 Å². The predicted molar refractivity (Wildman–Crippen MR) is 105 cm³/mol. The lowest BCUT2D eigenvalue weighted by Gasteiger charge is -2.18. The lowest BCUT2D eigenvalue weighted by Crippen LogP contribution is -2.29. The van der Waals surface area contributed by atoms with Gasteiger partial charge in [-0.05, 0) is 49.1 Å². The highest BCUT2D eigenvalue weighted by Crippen LogP contribution is 2.24. The third kappa shape index (κ3) is 5.48. The summed E-state index contributed by atoms with van der Waals surface area (Å²) in [5.41, 5.74) is 4.01. The number of rotatable bonds is 7. The molecule has 0 radical (unpaired) electrons. The number of thioether (sulfide) groups is 1. The number of carbonyl (C=O) groups excluding carboxylic acids is 1. The molecule has 0 aromatic heterocycles. The maximum absolute atomic E-state index is 13.7. The third-order valence-electron chi connectivity index (χ3n) is 4.22. The molecule has 25 heavy (non-hydrogen) atoms. The SMILES string of the molecule is CC[C@H](NC(=O)CSCc1c(F)cccc1Cl)c1ccc(C)c(C)c1. The van der Waals surface area contributed by atoms with E-state index in [1.807, 2.05) is 6.92 Å². The van der Waals surface area contributed by atoms with E-state index in [1.165, 1.54) is 29.0 Å². The van der Waals surface area contributed by atoms with Gasteiger partial charge in [0.1, 0.15) is 5.82 Å². The number of hydrogen-bond donors (Lipinski definition) is 1. The molecular weight excluding hydrogens is 357 g/mol. The van der Waals surface area contributed by atoms with Crippen LogP contribution in [0.15, 0.2) is 36.4 Å². The first kappa shape index (κ1) is 19.8. The van der Waals surface area contributed by atoms with Gasteiger partial charge in [0.2, 0.25) is 5.91 Å². The highest BCUT2D eigenvalue weighted by molar-refractivity contribution is 7.99. The van der Waals surface area contributed by atoms with E-state index in [0.29, 0.717) is 16.3 Å². The summed E-state index contributed by atoms with van der Waals surface area (Å²) in [6.45, 7) is 6.19. The molecule has 134 valence electrons. The minimum atomic E-state index is -0.332. The van der Waals surface area contributed by atoms with Crippen LogP contribution in [0.1, 0.15) is 41.6 Å². The highest BCUT2D eigenvalue weighted by Gasteiger charge is 2.14. The smallest absolute Gasteiger partial charge is 0.230 e. The summed E-state index contributed by atoms with van der Waals surface area (Å²) in [6.07, 6.45) is 0.818. The largest absolute Gasteiger partial charge is 0.349 e. The molecule has 1 atom stereocenters. The van der Waals surface area contributed by atoms with Crippen LogP contribution in [0, 0.1) is 19.7 Å². The van der Waals surface area contributed by atoms with Crippen molar-refractivity contribution in [2.45, 2.75) is 39.0 Å². The Hall–Kier alpha value is -1.52. The van der Waals surface area contributed by atoms with Gasteiger partial charge in [-0.25, -0.2) is 4.39 Å². The van der Waals surface area contributed by atoms with Gasteiger partial charge >= 0.3 is 0 Å². The molecule has 1 N–H and O–H groups in total. The second-order valence-corrected chi connectivity index (χ2v) is 7.46. The van der Waals surface area contributed by atoms with Crippen molar-refractivity contribution in [3.63, 3.8) is 0 Å². The van der Waals surface area contributed by atoms with E-state index < -0.39 is 0 Å². The summed E-state index contributed by atoms with van der Waals surface area (Å²) in [7, 11) is 0. The van der Waals surface area contributed by atoms with E-state index in [9.17, 15) is 9.18 Å². The zero-order valence-corrected chi connectivity index (χ0v) is 16.3. The van der Waals surface area contributed by atoms with Crippen molar-refractivity contribution in [3.05, 3.63) is 69.5 Å². The summed E-state index contributed by atoms with van der Waals surface area (Å²) in [6, 6.07) is 10.9. The van der Waals surface area contributed by atoms with Crippen LogP contribution < -0.4 is 5.32 Å². The van der Waals surface area contributed by atoms with E-state index in [-0.39, 0.29) is 23.5 Å². The van der Waals surface area contributed by atoms with Crippen LogP contribution in [0.5, 0.6) is 0 Å². The van der Waals surface area contributed by atoms with E-state index in [0.717, 1.165) is 12.0 Å². The minimum absolute atomic E-state index is 0.00977. The standard InChI is InChI=1S/C20H23ClFNOS/c1-4-19(15-9-8-13(2)14(3)10-15)23-20(24)12-25-11-16-17(21)6-5-7-18(16)22/h5-10,19H,4,11-12H2,1-3H3,(H,23,24)/t19-/m0/s1. The molecule has 1 amide bonds. The van der Waals surface area contributed by atoms with Crippen LogP contribution in [0.25, 0.3) is 0 Å². The van der Waals surface area contributed by atoms with Crippen molar-refractivity contribution in [2.24, 2.45) is 0 Å². The van der Waals surface area contributed by atoms with Crippen molar-refractivity contribution in [2.75, 3.05) is 5.75 Å². The first-order chi connectivity index (χ1) is 11.9. The van der Waals surface area contributed by atoms with E-state index >= 15 is 0 Å². The molecule has 0 fully saturated rings. The zero-order chi connectivity index (χ0) is 18.4. The van der Waals surface area contributed by atoms with Crippen molar-refractivity contribution < 1.29 is 9.18 Å². The van der Waals surface area contributed by atoms with Gasteiger partial charge in [0.05, 0.1) is 11.8 Å². The minimum Gasteiger partial charge on any atom is -0.349 e. The molecule has 0 heterocycles. The van der Waals surface area contributed by atoms with Crippen LogP contribution in [0.3, 0.4) is 0 Å². The molecule has 0 unspecified atom stereocenters. The lowest BCUT2D eigenvalue weighted by atomic mass is 9.99. The first-order valence-electron chi connectivity index (χ1n) is 8.29. The molecule has 2 nitrogen and oxygen atoms in total. The van der Waals surface area contributed by atoms with Crippen molar-refractivity contribution >= 4 is 29.3 Å². The number of aryl methyl sites for hydroxylation is 2. The lowest BCUT2D eigenvalue weighted by molar-refractivity contribution is -0.119. The normalized spacial score (nSPS) is 12.0. The summed E-state index contributed by atoms with van der Waals surface area (Å²) >= 11 is 7.36. The van der Waals surface area contributed by atoms with Gasteiger partial charge in [-0.3, -0.25) is 4.79 Å². The fraction of sp³-hybridized carbons (Fsp3) is 0.350. The second-order valence-electron chi connectivity index (χ2n) is 6.07. The Bertz CT molecular complexity index is 730. The average molecular weight is 380 g/mol. The second kappa shape index (κ2) is 9.25. The van der Waals surface area contributed by atoms with Gasteiger partial charge < -0.3 is 5.32 Å². The molecule has 2 rings (SSSR count). The van der Waals surface area contributed by atoms with Crippen molar-refractivity contribution in [1.82, 2.24) is 5.32 Å².